The highest BCUT2D eigenvalue weighted by atomic mass is 16.5. The normalized spacial score (nSPS) is 11.6. The molecular formula is C19H22N2O3. The fourth-order valence-electron chi connectivity index (χ4n) is 2.27. The average molecular weight is 326 g/mol. The number of hydrogen-bond donors (Lipinski definition) is 2. The summed E-state index contributed by atoms with van der Waals surface area (Å²) in [5.74, 6) is -0.0242. The number of carbonyl (C=O) groups is 2. The quantitative estimate of drug-likeness (QED) is 0.855. The van der Waals surface area contributed by atoms with Crippen LogP contribution in [0.2, 0.25) is 0 Å². The van der Waals surface area contributed by atoms with Crippen LogP contribution < -0.4 is 15.8 Å². The topological polar surface area (TPSA) is 81.4 Å². The number of nitrogens with one attached hydrogen (secondary N) is 1. The third kappa shape index (κ3) is 4.13. The van der Waals surface area contributed by atoms with Crippen LogP contribution in [-0.2, 0) is 4.79 Å². The summed E-state index contributed by atoms with van der Waals surface area (Å²) in [7, 11) is 0. The summed E-state index contributed by atoms with van der Waals surface area (Å²) < 4.78 is 5.89. The minimum absolute atomic E-state index is 0.231. The third-order valence-corrected chi connectivity index (χ3v) is 3.92. The summed E-state index contributed by atoms with van der Waals surface area (Å²) in [5.41, 5.74) is 8.32. The van der Waals surface area contributed by atoms with E-state index in [9.17, 15) is 9.59 Å². The first-order valence-electron chi connectivity index (χ1n) is 7.86. The number of benzene rings is 2. The molecule has 0 aliphatic rings. The number of amides is 2. The fraction of sp³-hybridized carbons (Fsp3) is 0.263. The van der Waals surface area contributed by atoms with Crippen LogP contribution in [0, 0.1) is 13.8 Å². The number of rotatable bonds is 6. The van der Waals surface area contributed by atoms with Crippen molar-refractivity contribution in [2.75, 3.05) is 5.32 Å². The standard InChI is InChI=1S/C19H22N2O3/c1-4-16(24-17-7-5-6-12(2)13(17)3)19(23)21-15-10-8-14(9-11-15)18(20)22/h5-11,16H,4H2,1-3H3,(H2,20,22)(H,21,23). The molecule has 24 heavy (non-hydrogen) atoms. The Balaban J connectivity index is 2.08. The summed E-state index contributed by atoms with van der Waals surface area (Å²) in [6, 6.07) is 12.2. The number of aryl methyl sites for hydroxylation is 1. The molecule has 1 unspecified atom stereocenters. The molecule has 2 rings (SSSR count). The van der Waals surface area contributed by atoms with Crippen LogP contribution in [0.25, 0.3) is 0 Å². The molecule has 0 radical (unpaired) electrons. The number of carbonyl (C=O) groups excluding carboxylic acids is 2. The second kappa shape index (κ2) is 7.64. The SMILES string of the molecule is CCC(Oc1cccc(C)c1C)C(=O)Nc1ccc(C(N)=O)cc1. The molecule has 5 nitrogen and oxygen atoms in total. The molecule has 2 aromatic carbocycles. The first kappa shape index (κ1) is 17.5. The molecular weight excluding hydrogens is 304 g/mol. The van der Waals surface area contributed by atoms with Crippen molar-refractivity contribution in [1.82, 2.24) is 0 Å². The number of hydrogen-bond acceptors (Lipinski definition) is 3. The summed E-state index contributed by atoms with van der Waals surface area (Å²) in [5, 5.41) is 2.80. The molecule has 0 heterocycles. The molecule has 2 amide bonds. The van der Waals surface area contributed by atoms with E-state index in [4.69, 9.17) is 10.5 Å². The Morgan fingerprint density at radius 3 is 2.38 bits per heavy atom. The van der Waals surface area contributed by atoms with Gasteiger partial charge in [-0.05, 0) is 61.7 Å². The van der Waals surface area contributed by atoms with Gasteiger partial charge < -0.3 is 15.8 Å². The number of primary amides is 1. The maximum absolute atomic E-state index is 12.4. The molecule has 0 bridgehead atoms. The second-order valence-electron chi connectivity index (χ2n) is 5.64. The van der Waals surface area contributed by atoms with Gasteiger partial charge in [0.2, 0.25) is 5.91 Å². The van der Waals surface area contributed by atoms with Crippen molar-refractivity contribution in [1.29, 1.82) is 0 Å². The Kier molecular flexibility index (Phi) is 5.58. The summed E-state index contributed by atoms with van der Waals surface area (Å²) in [6.45, 7) is 5.87. The second-order valence-corrected chi connectivity index (χ2v) is 5.64. The minimum atomic E-state index is -0.596. The van der Waals surface area contributed by atoms with Crippen LogP contribution in [-0.4, -0.2) is 17.9 Å². The molecule has 0 spiro atoms. The fourth-order valence-corrected chi connectivity index (χ4v) is 2.27. The van der Waals surface area contributed by atoms with Crippen LogP contribution >= 0.6 is 0 Å². The molecule has 0 aliphatic heterocycles. The predicted molar refractivity (Wildman–Crippen MR) is 94.2 cm³/mol. The van der Waals surface area contributed by atoms with Crippen molar-refractivity contribution in [3.8, 4) is 5.75 Å². The average Bonchev–Trinajstić information content (AvgIpc) is 2.56. The monoisotopic (exact) mass is 326 g/mol. The van der Waals surface area contributed by atoms with E-state index in [1.54, 1.807) is 24.3 Å². The van der Waals surface area contributed by atoms with Gasteiger partial charge in [0.05, 0.1) is 0 Å². The van der Waals surface area contributed by atoms with Crippen molar-refractivity contribution in [3.63, 3.8) is 0 Å². The van der Waals surface area contributed by atoms with E-state index in [0.29, 0.717) is 23.4 Å². The van der Waals surface area contributed by atoms with Crippen molar-refractivity contribution < 1.29 is 14.3 Å². The van der Waals surface area contributed by atoms with Crippen LogP contribution in [0.4, 0.5) is 5.69 Å². The first-order valence-corrected chi connectivity index (χ1v) is 7.86. The van der Waals surface area contributed by atoms with Gasteiger partial charge in [-0.25, -0.2) is 0 Å². The molecule has 1 atom stereocenters. The lowest BCUT2D eigenvalue weighted by molar-refractivity contribution is -0.122. The number of ether oxygens (including phenoxy) is 1. The Morgan fingerprint density at radius 1 is 1.12 bits per heavy atom. The van der Waals surface area contributed by atoms with E-state index in [-0.39, 0.29) is 5.91 Å². The van der Waals surface area contributed by atoms with Gasteiger partial charge in [-0.15, -0.1) is 0 Å². The van der Waals surface area contributed by atoms with Gasteiger partial charge >= 0.3 is 0 Å². The van der Waals surface area contributed by atoms with Gasteiger partial charge in [-0.1, -0.05) is 19.1 Å². The lowest BCUT2D eigenvalue weighted by Crippen LogP contribution is -2.32. The zero-order chi connectivity index (χ0) is 17.7. The maximum Gasteiger partial charge on any atom is 0.265 e. The molecule has 0 aromatic heterocycles. The molecule has 3 N–H and O–H groups in total. The lowest BCUT2D eigenvalue weighted by atomic mass is 10.1. The van der Waals surface area contributed by atoms with Crippen LogP contribution in [0.5, 0.6) is 5.75 Å². The van der Waals surface area contributed by atoms with Crippen LogP contribution in [0.15, 0.2) is 42.5 Å². The zero-order valence-corrected chi connectivity index (χ0v) is 14.1. The number of anilines is 1. The van der Waals surface area contributed by atoms with Crippen LogP contribution in [0.3, 0.4) is 0 Å². The van der Waals surface area contributed by atoms with Gasteiger partial charge in [0.15, 0.2) is 6.10 Å². The van der Waals surface area contributed by atoms with Crippen molar-refractivity contribution in [2.24, 2.45) is 5.73 Å². The predicted octanol–water partition coefficient (Wildman–Crippen LogP) is 3.20. The zero-order valence-electron chi connectivity index (χ0n) is 14.1. The van der Waals surface area contributed by atoms with E-state index in [1.807, 2.05) is 39.0 Å². The molecule has 126 valence electrons. The molecule has 5 heteroatoms. The summed E-state index contributed by atoms with van der Waals surface area (Å²) in [4.78, 5) is 23.5. The Morgan fingerprint density at radius 2 is 1.79 bits per heavy atom. The summed E-state index contributed by atoms with van der Waals surface area (Å²) >= 11 is 0. The highest BCUT2D eigenvalue weighted by Crippen LogP contribution is 2.23. The molecule has 0 saturated carbocycles. The van der Waals surface area contributed by atoms with Crippen molar-refractivity contribution in [3.05, 3.63) is 59.2 Å². The Labute approximate surface area is 141 Å². The van der Waals surface area contributed by atoms with E-state index in [0.717, 1.165) is 11.1 Å². The van der Waals surface area contributed by atoms with Gasteiger partial charge in [0.25, 0.3) is 5.91 Å². The molecule has 0 aliphatic carbocycles. The Hall–Kier alpha value is -2.82. The molecule has 0 fully saturated rings. The molecule has 2 aromatic rings. The van der Waals surface area contributed by atoms with E-state index >= 15 is 0 Å². The highest BCUT2D eigenvalue weighted by molar-refractivity contribution is 5.96. The largest absolute Gasteiger partial charge is 0.480 e. The third-order valence-electron chi connectivity index (χ3n) is 3.92. The lowest BCUT2D eigenvalue weighted by Gasteiger charge is -2.19. The number of nitrogens with two attached hydrogens (primary N) is 1. The van der Waals surface area contributed by atoms with Gasteiger partial charge in [-0.2, -0.15) is 0 Å². The maximum atomic E-state index is 12.4. The van der Waals surface area contributed by atoms with Crippen molar-refractivity contribution in [2.45, 2.75) is 33.3 Å². The van der Waals surface area contributed by atoms with E-state index < -0.39 is 12.0 Å². The smallest absolute Gasteiger partial charge is 0.265 e. The van der Waals surface area contributed by atoms with Gasteiger partial charge in [0, 0.05) is 11.3 Å². The van der Waals surface area contributed by atoms with E-state index in [2.05, 4.69) is 5.32 Å². The van der Waals surface area contributed by atoms with E-state index in [1.165, 1.54) is 0 Å². The first-order chi connectivity index (χ1) is 11.4. The Bertz CT molecular complexity index is 739. The van der Waals surface area contributed by atoms with Gasteiger partial charge in [-0.3, -0.25) is 9.59 Å². The summed E-state index contributed by atoms with van der Waals surface area (Å²) in [6.07, 6.45) is -0.0557. The van der Waals surface area contributed by atoms with Crippen LogP contribution in [0.1, 0.15) is 34.8 Å². The minimum Gasteiger partial charge on any atom is -0.480 e. The molecule has 0 saturated heterocycles. The highest BCUT2D eigenvalue weighted by Gasteiger charge is 2.19. The van der Waals surface area contributed by atoms with Crippen molar-refractivity contribution >= 4 is 17.5 Å². The van der Waals surface area contributed by atoms with Gasteiger partial charge in [0.1, 0.15) is 5.75 Å².